The molecule has 0 saturated heterocycles. The Balaban J connectivity index is 1.27. The van der Waals surface area contributed by atoms with Gasteiger partial charge in [0.15, 0.2) is 5.78 Å². The van der Waals surface area contributed by atoms with Crippen molar-refractivity contribution in [3.63, 3.8) is 0 Å². The van der Waals surface area contributed by atoms with Crippen LogP contribution in [0.4, 0.5) is 14.5 Å². The number of nitrogens with two attached hydrogens (primary N) is 1. The van der Waals surface area contributed by atoms with Gasteiger partial charge in [0, 0.05) is 66.8 Å². The van der Waals surface area contributed by atoms with Gasteiger partial charge in [0.05, 0.1) is 17.8 Å². The fourth-order valence-electron chi connectivity index (χ4n) is 6.72. The number of Topliss-reactive ketones (excluding diaryl/α,β-unsaturated/α-hetero) is 1. The minimum atomic E-state index is -1.04. The lowest BCUT2D eigenvalue weighted by Gasteiger charge is -2.41. The van der Waals surface area contributed by atoms with Crippen LogP contribution in [0, 0.1) is 17.0 Å². The molecule has 0 radical (unpaired) electrons. The molecule has 3 aromatic carbocycles. The largest absolute Gasteiger partial charge is 0.387 e. The number of carbonyl (C=O) groups is 5. The molecule has 55 heavy (non-hydrogen) atoms. The second-order valence-corrected chi connectivity index (χ2v) is 14.5. The van der Waals surface area contributed by atoms with E-state index >= 15 is 4.39 Å². The fraction of sp³-hybridized carbons (Fsp3) is 0.310. The molecule has 1 aromatic heterocycles. The first kappa shape index (κ1) is 40.4. The average molecular weight is 754 g/mol. The molecule has 0 aliphatic carbocycles. The van der Waals surface area contributed by atoms with Crippen molar-refractivity contribution in [3.05, 3.63) is 126 Å². The minimum Gasteiger partial charge on any atom is -0.387 e. The number of nitrogens with one attached hydrogen (secondary N) is 1. The monoisotopic (exact) mass is 753 g/mol. The summed E-state index contributed by atoms with van der Waals surface area (Å²) in [7, 11) is 0. The number of carbonyl (C=O) groups excluding carboxylic acids is 5. The van der Waals surface area contributed by atoms with Crippen LogP contribution >= 0.6 is 0 Å². The van der Waals surface area contributed by atoms with Crippen LogP contribution in [-0.4, -0.2) is 69.7 Å². The smallest absolute Gasteiger partial charge is 0.258 e. The fourth-order valence-corrected chi connectivity index (χ4v) is 6.72. The van der Waals surface area contributed by atoms with Crippen LogP contribution in [0.2, 0.25) is 0 Å². The summed E-state index contributed by atoms with van der Waals surface area (Å²) in [4.78, 5) is 66.0. The van der Waals surface area contributed by atoms with Gasteiger partial charge in [-0.3, -0.25) is 24.0 Å². The molecule has 0 saturated carbocycles. The third-order valence-electron chi connectivity index (χ3n) is 9.37. The second kappa shape index (κ2) is 17.6. The topological polar surface area (TPSA) is 155 Å². The first-order chi connectivity index (χ1) is 26.2. The molecule has 1 aliphatic heterocycles. The summed E-state index contributed by atoms with van der Waals surface area (Å²) in [6.45, 7) is 5.44. The lowest BCUT2D eigenvalue weighted by atomic mass is 9.82. The maximum absolute atomic E-state index is 15.0. The van der Waals surface area contributed by atoms with E-state index in [0.29, 0.717) is 29.8 Å². The first-order valence-electron chi connectivity index (χ1n) is 18.0. The highest BCUT2D eigenvalue weighted by molar-refractivity contribution is 6.28. The Morgan fingerprint density at radius 1 is 0.927 bits per heavy atom. The zero-order valence-corrected chi connectivity index (χ0v) is 31.0. The van der Waals surface area contributed by atoms with E-state index in [2.05, 4.69) is 5.32 Å². The molecule has 4 aromatic rings. The highest BCUT2D eigenvalue weighted by Crippen LogP contribution is 2.41. The van der Waals surface area contributed by atoms with Crippen molar-refractivity contribution in [2.24, 2.45) is 11.1 Å². The number of rotatable bonds is 16. The van der Waals surface area contributed by atoms with Gasteiger partial charge < -0.3 is 25.6 Å². The number of imide groups is 1. The Bertz CT molecular complexity index is 2070. The molecule has 1 aliphatic rings. The number of aliphatic hydroxyl groups is 1. The zero-order valence-electron chi connectivity index (χ0n) is 31.0. The SMILES string of the molecule is CC(C)(C)[C@H](c1cc(-c2cc(F)ccc2F)cn1Cc1ccccc1)N(CC[C@H](N)C(=O)NCCCC(=O)c1cccc(N2C(=O)C=CC2=O)c1)C(=O)CO. The van der Waals surface area contributed by atoms with Gasteiger partial charge in [0.1, 0.15) is 18.2 Å². The summed E-state index contributed by atoms with van der Waals surface area (Å²) in [5, 5.41) is 12.8. The van der Waals surface area contributed by atoms with Crippen LogP contribution in [0.3, 0.4) is 0 Å². The number of aromatic nitrogens is 1. The molecule has 4 amide bonds. The van der Waals surface area contributed by atoms with Crippen molar-refractivity contribution >= 4 is 35.1 Å². The molecule has 11 nitrogen and oxygen atoms in total. The molecule has 2 heterocycles. The van der Waals surface area contributed by atoms with Crippen LogP contribution < -0.4 is 16.0 Å². The Kier molecular flexibility index (Phi) is 12.9. The first-order valence-corrected chi connectivity index (χ1v) is 18.0. The Morgan fingerprint density at radius 3 is 2.31 bits per heavy atom. The van der Waals surface area contributed by atoms with Crippen molar-refractivity contribution < 1.29 is 37.9 Å². The van der Waals surface area contributed by atoms with Crippen LogP contribution in [0.25, 0.3) is 11.1 Å². The Labute approximate surface area is 318 Å². The van der Waals surface area contributed by atoms with Crippen molar-refractivity contribution in [2.45, 2.75) is 58.7 Å². The molecule has 5 rings (SSSR count). The summed E-state index contributed by atoms with van der Waals surface area (Å²) < 4.78 is 31.2. The number of hydrogen-bond donors (Lipinski definition) is 3. The number of nitrogens with zero attached hydrogens (tertiary/aromatic N) is 3. The molecular formula is C42H45F2N5O6. The van der Waals surface area contributed by atoms with Gasteiger partial charge in [-0.2, -0.15) is 0 Å². The van der Waals surface area contributed by atoms with Gasteiger partial charge in [-0.15, -0.1) is 0 Å². The molecular weight excluding hydrogens is 708 g/mol. The number of hydrogen-bond acceptors (Lipinski definition) is 7. The lowest BCUT2D eigenvalue weighted by Crippen LogP contribution is -2.47. The molecule has 0 spiro atoms. The maximum atomic E-state index is 15.0. The predicted octanol–water partition coefficient (Wildman–Crippen LogP) is 5.32. The van der Waals surface area contributed by atoms with Gasteiger partial charge in [0.25, 0.3) is 11.8 Å². The van der Waals surface area contributed by atoms with E-state index in [0.717, 1.165) is 40.8 Å². The summed E-state index contributed by atoms with van der Waals surface area (Å²) in [5.74, 6) is -3.52. The van der Waals surface area contributed by atoms with Gasteiger partial charge >= 0.3 is 0 Å². The van der Waals surface area contributed by atoms with Crippen molar-refractivity contribution in [1.82, 2.24) is 14.8 Å². The minimum absolute atomic E-state index is 0.0114. The third-order valence-corrected chi connectivity index (χ3v) is 9.37. The Hall–Kier alpha value is -5.79. The van der Waals surface area contributed by atoms with E-state index in [-0.39, 0.29) is 43.0 Å². The summed E-state index contributed by atoms with van der Waals surface area (Å²) in [6.07, 6.45) is 4.44. The predicted molar refractivity (Wildman–Crippen MR) is 204 cm³/mol. The van der Waals surface area contributed by atoms with Crippen molar-refractivity contribution in [1.29, 1.82) is 0 Å². The molecule has 2 atom stereocenters. The van der Waals surface area contributed by atoms with E-state index in [9.17, 15) is 33.5 Å². The van der Waals surface area contributed by atoms with E-state index in [4.69, 9.17) is 5.73 Å². The number of halogens is 2. The van der Waals surface area contributed by atoms with E-state index in [1.165, 1.54) is 11.0 Å². The molecule has 0 bridgehead atoms. The van der Waals surface area contributed by atoms with E-state index in [1.54, 1.807) is 30.5 Å². The molecule has 4 N–H and O–H groups in total. The number of benzene rings is 3. The second-order valence-electron chi connectivity index (χ2n) is 14.5. The highest BCUT2D eigenvalue weighted by Gasteiger charge is 2.37. The van der Waals surface area contributed by atoms with Crippen molar-refractivity contribution in [2.75, 3.05) is 24.6 Å². The van der Waals surface area contributed by atoms with E-state index < -0.39 is 59.4 Å². The number of anilines is 1. The molecule has 0 unspecified atom stereocenters. The highest BCUT2D eigenvalue weighted by atomic mass is 19.1. The number of amides is 4. The third kappa shape index (κ3) is 9.85. The molecule has 0 fully saturated rings. The van der Waals surface area contributed by atoms with Gasteiger partial charge in [-0.1, -0.05) is 63.2 Å². The quantitative estimate of drug-likeness (QED) is 0.0796. The number of ketones is 1. The van der Waals surface area contributed by atoms with Crippen LogP contribution in [0.15, 0.2) is 97.2 Å². The van der Waals surface area contributed by atoms with Crippen LogP contribution in [0.1, 0.15) is 67.7 Å². The lowest BCUT2D eigenvalue weighted by molar-refractivity contribution is -0.140. The van der Waals surface area contributed by atoms with Crippen LogP contribution in [-0.2, 0) is 25.7 Å². The van der Waals surface area contributed by atoms with Crippen molar-refractivity contribution in [3.8, 4) is 11.1 Å². The summed E-state index contributed by atoms with van der Waals surface area (Å²) in [6, 6.07) is 18.9. The average Bonchev–Trinajstić information content (AvgIpc) is 3.72. The molecule has 288 valence electrons. The standard InChI is InChI=1S/C42H45F2N5O6/c1-42(2,3)40(35-22-29(32-23-30(43)14-15-33(32)44)25-47(35)24-27-9-5-4-6-10-27)48(39(54)26-50)20-18-34(45)41(55)46-19-8-13-36(51)28-11-7-12-31(21-28)49-37(52)16-17-38(49)53/h4-7,9-12,14-17,21-23,25,34,40,50H,8,13,18-20,24,26,45H2,1-3H3,(H,46,55)/t34-,40-/m0/s1. The van der Waals surface area contributed by atoms with Crippen LogP contribution in [0.5, 0.6) is 0 Å². The summed E-state index contributed by atoms with van der Waals surface area (Å²) >= 11 is 0. The maximum Gasteiger partial charge on any atom is 0.258 e. The zero-order chi connectivity index (χ0) is 39.9. The number of aliphatic hydroxyl groups excluding tert-OH is 1. The summed E-state index contributed by atoms with van der Waals surface area (Å²) in [5.41, 5.74) is 8.27. The molecule has 13 heteroatoms. The normalized spacial score (nSPS) is 13.9. The van der Waals surface area contributed by atoms with Gasteiger partial charge in [-0.05, 0) is 60.2 Å². The Morgan fingerprint density at radius 2 is 1.64 bits per heavy atom. The van der Waals surface area contributed by atoms with Gasteiger partial charge in [0.2, 0.25) is 11.8 Å². The van der Waals surface area contributed by atoms with E-state index in [1.807, 2.05) is 55.7 Å². The van der Waals surface area contributed by atoms with Gasteiger partial charge in [-0.25, -0.2) is 13.7 Å².